The number of pyridine rings is 1. The van der Waals surface area contributed by atoms with Gasteiger partial charge < -0.3 is 30.5 Å². The Bertz CT molecular complexity index is 1780. The lowest BCUT2D eigenvalue weighted by molar-refractivity contribution is -0.130. The first-order valence-corrected chi connectivity index (χ1v) is 18.9. The summed E-state index contributed by atoms with van der Waals surface area (Å²) in [6.07, 6.45) is -0.677. The van der Waals surface area contributed by atoms with Crippen LogP contribution in [-0.2, 0) is 27.8 Å². The lowest BCUT2D eigenvalue weighted by atomic mass is 9.84. The lowest BCUT2D eigenvalue weighted by Gasteiger charge is -2.38. The van der Waals surface area contributed by atoms with Crippen molar-refractivity contribution in [2.24, 2.45) is 16.5 Å². The number of nitrogens with one attached hydrogen (secondary N) is 1. The molecule has 3 aromatic rings. The molecule has 0 spiro atoms. The third-order valence-corrected chi connectivity index (χ3v) is 10.7. The zero-order valence-corrected chi connectivity index (χ0v) is 31.6. The third-order valence-electron chi connectivity index (χ3n) is 8.89. The summed E-state index contributed by atoms with van der Waals surface area (Å²) < 4.78 is 29.1. The number of nitrogens with zero attached hydrogens (tertiary/aromatic N) is 5. The fourth-order valence-electron chi connectivity index (χ4n) is 6.37. The van der Waals surface area contributed by atoms with Crippen LogP contribution in [0.5, 0.6) is 0 Å². The Hall–Kier alpha value is -4.37. The van der Waals surface area contributed by atoms with Crippen LogP contribution >= 0.6 is 0 Å². The van der Waals surface area contributed by atoms with Crippen molar-refractivity contribution in [3.63, 3.8) is 0 Å². The predicted octanol–water partition coefficient (Wildman–Crippen LogP) is 4.03. The van der Waals surface area contributed by atoms with Crippen molar-refractivity contribution in [2.45, 2.75) is 83.7 Å². The van der Waals surface area contributed by atoms with Crippen molar-refractivity contribution in [3.8, 4) is 0 Å². The van der Waals surface area contributed by atoms with Crippen molar-refractivity contribution >= 4 is 28.2 Å². The molecule has 1 saturated heterocycles. The number of aliphatic hydroxyl groups excluding tert-OH is 2. The second kappa shape index (κ2) is 17.4. The van der Waals surface area contributed by atoms with Gasteiger partial charge in [-0.2, -0.15) is 4.31 Å². The number of benzene rings is 2. The van der Waals surface area contributed by atoms with Crippen LogP contribution in [0.3, 0.4) is 0 Å². The number of aliphatic hydroxyl groups is 2. The molecule has 1 fully saturated rings. The molecule has 4 N–H and O–H groups in total. The maximum absolute atomic E-state index is 14.3. The van der Waals surface area contributed by atoms with E-state index in [1.165, 1.54) is 34.8 Å². The summed E-state index contributed by atoms with van der Waals surface area (Å²) in [5.74, 6) is -0.541. The molecule has 0 radical (unpaired) electrons. The molecule has 2 unspecified atom stereocenters. The number of carbonyl (C=O) groups is 2. The van der Waals surface area contributed by atoms with E-state index in [9.17, 15) is 28.2 Å². The molecule has 4 rings (SSSR count). The summed E-state index contributed by atoms with van der Waals surface area (Å²) in [6, 6.07) is 18.3. The molecule has 14 heteroatoms. The first kappa shape index (κ1) is 40.4. The second-order valence-corrected chi connectivity index (χ2v) is 16.7. The number of amides is 3. The van der Waals surface area contributed by atoms with Gasteiger partial charge in [0.15, 0.2) is 0 Å². The Balaban J connectivity index is 1.59. The van der Waals surface area contributed by atoms with Gasteiger partial charge in [-0.25, -0.2) is 13.2 Å². The second-order valence-electron chi connectivity index (χ2n) is 14.8. The molecule has 1 aliphatic heterocycles. The highest BCUT2D eigenvalue weighted by atomic mass is 32.2. The molecule has 4 atom stereocenters. The maximum Gasteiger partial charge on any atom is 0.321 e. The molecule has 0 saturated carbocycles. The summed E-state index contributed by atoms with van der Waals surface area (Å²) in [4.78, 5) is 35.8. The van der Waals surface area contributed by atoms with Gasteiger partial charge in [0, 0.05) is 26.2 Å². The Kier molecular flexibility index (Phi) is 13.5. The maximum atomic E-state index is 14.3. The Morgan fingerprint density at radius 3 is 2.25 bits per heavy atom. The molecule has 3 amide bonds. The normalized spacial score (nSPS) is 16.5. The van der Waals surface area contributed by atoms with E-state index in [-0.39, 0.29) is 42.9 Å². The van der Waals surface area contributed by atoms with Crippen molar-refractivity contribution in [2.75, 3.05) is 26.2 Å². The highest BCUT2D eigenvalue weighted by molar-refractivity contribution is 7.89. The minimum absolute atomic E-state index is 0.0109. The van der Waals surface area contributed by atoms with Gasteiger partial charge in [0.1, 0.15) is 6.04 Å². The zero-order valence-electron chi connectivity index (χ0n) is 30.8. The molecule has 52 heavy (non-hydrogen) atoms. The quantitative estimate of drug-likeness (QED) is 0.0969. The van der Waals surface area contributed by atoms with Crippen molar-refractivity contribution in [1.29, 1.82) is 0 Å². The molecule has 282 valence electrons. The van der Waals surface area contributed by atoms with Gasteiger partial charge in [-0.3, -0.25) is 9.78 Å². The van der Waals surface area contributed by atoms with Crippen LogP contribution in [0.2, 0.25) is 0 Å². The van der Waals surface area contributed by atoms with Gasteiger partial charge in [0.05, 0.1) is 47.3 Å². The van der Waals surface area contributed by atoms with E-state index in [2.05, 4.69) is 15.5 Å². The number of carbonyl (C=O) groups excluding carboxylic acids is 2. The van der Waals surface area contributed by atoms with E-state index < -0.39 is 45.6 Å². The van der Waals surface area contributed by atoms with Gasteiger partial charge >= 0.3 is 6.03 Å². The van der Waals surface area contributed by atoms with E-state index in [1.807, 2.05) is 65.0 Å². The van der Waals surface area contributed by atoms with Gasteiger partial charge in [0.25, 0.3) is 0 Å². The van der Waals surface area contributed by atoms with Crippen molar-refractivity contribution in [1.82, 2.24) is 24.4 Å². The van der Waals surface area contributed by atoms with Gasteiger partial charge in [-0.15, -0.1) is 0 Å². The molecule has 13 nitrogen and oxygen atoms in total. The highest BCUT2D eigenvalue weighted by Gasteiger charge is 2.44. The third kappa shape index (κ3) is 10.4. The van der Waals surface area contributed by atoms with Crippen molar-refractivity contribution in [3.05, 3.63) is 95.3 Å². The van der Waals surface area contributed by atoms with Crippen LogP contribution in [0.1, 0.15) is 70.2 Å². The summed E-state index contributed by atoms with van der Waals surface area (Å²) in [6.45, 7) is 11.7. The number of hydrogen-bond donors (Lipinski definition) is 4. The first-order valence-electron chi connectivity index (χ1n) is 17.5. The highest BCUT2D eigenvalue weighted by Crippen LogP contribution is 2.29. The summed E-state index contributed by atoms with van der Waals surface area (Å²) in [5, 5.41) is 36.7. The molecule has 0 bridgehead atoms. The van der Waals surface area contributed by atoms with Gasteiger partial charge in [0.2, 0.25) is 15.9 Å². The topological polar surface area (TPSA) is 176 Å². The van der Waals surface area contributed by atoms with Crippen LogP contribution in [0.25, 0.3) is 0 Å². The summed E-state index contributed by atoms with van der Waals surface area (Å²) in [7, 11) is -4.08. The fraction of sp³-hybridized carbons (Fsp3) is 0.474. The van der Waals surface area contributed by atoms with E-state index in [0.29, 0.717) is 30.0 Å². The van der Waals surface area contributed by atoms with Gasteiger partial charge in [-0.1, -0.05) is 88.3 Å². The van der Waals surface area contributed by atoms with Crippen LogP contribution < -0.4 is 5.32 Å². The molecule has 1 aromatic heterocycles. The van der Waals surface area contributed by atoms with Crippen LogP contribution in [0.4, 0.5) is 4.79 Å². The molecular weight excluding hydrogens is 685 g/mol. The number of aromatic nitrogens is 1. The molecule has 1 aliphatic rings. The SMILES string of the molecule is CC(C)CN(C[C@@H](O)[C@H](Cc1ccccc1)NC(=O)C(N1CCN(Cc2cccc(C(C)O)n2)C1=O)C(C)(C)C)S(=O)(=O)c1ccc(/C=N/O)cc1. The predicted molar refractivity (Wildman–Crippen MR) is 198 cm³/mol. The minimum Gasteiger partial charge on any atom is -0.411 e. The molecule has 2 aromatic carbocycles. The Labute approximate surface area is 307 Å². The average molecular weight is 737 g/mol. The smallest absolute Gasteiger partial charge is 0.321 e. The minimum atomic E-state index is -4.08. The monoisotopic (exact) mass is 736 g/mol. The average Bonchev–Trinajstić information content (AvgIpc) is 3.42. The van der Waals surface area contributed by atoms with Crippen molar-refractivity contribution < 1.29 is 33.4 Å². The Morgan fingerprint density at radius 1 is 0.981 bits per heavy atom. The largest absolute Gasteiger partial charge is 0.411 e. The number of urea groups is 1. The van der Waals surface area contributed by atoms with E-state index in [4.69, 9.17) is 5.21 Å². The standard InChI is InChI=1S/C38H52N6O7S/c1-26(2)23-43(52(50,51)31-17-15-29(16-18-31)22-39-49)25-34(46)33(21-28-11-8-7-9-12-28)41-36(47)35(38(4,5)6)44-20-19-42(37(44)48)24-30-13-10-14-32(40-30)27(3)45/h7-18,22,26-27,33-35,45-46,49H,19-21,23-25H2,1-6H3,(H,41,47)/b39-22+/t27?,33-,34+,35?/m0/s1. The summed E-state index contributed by atoms with van der Waals surface area (Å²) >= 11 is 0. The molecule has 2 heterocycles. The van der Waals surface area contributed by atoms with Crippen LogP contribution in [0, 0.1) is 11.3 Å². The number of sulfonamides is 1. The first-order chi connectivity index (χ1) is 24.5. The molecular formula is C38H52N6O7S. The lowest BCUT2D eigenvalue weighted by Crippen LogP contribution is -2.59. The number of oxime groups is 1. The van der Waals surface area contributed by atoms with Crippen LogP contribution in [0.15, 0.2) is 82.8 Å². The fourth-order valence-corrected chi connectivity index (χ4v) is 7.99. The van der Waals surface area contributed by atoms with Gasteiger partial charge in [-0.05, 0) is 60.1 Å². The van der Waals surface area contributed by atoms with E-state index >= 15 is 0 Å². The number of rotatable bonds is 16. The van der Waals surface area contributed by atoms with E-state index in [0.717, 1.165) is 5.56 Å². The van der Waals surface area contributed by atoms with Crippen LogP contribution in [-0.4, -0.2) is 105 Å². The molecule has 0 aliphatic carbocycles. The summed E-state index contributed by atoms with van der Waals surface area (Å²) in [5.41, 5.74) is 1.75. The number of hydrogen-bond acceptors (Lipinski definition) is 9. The van der Waals surface area contributed by atoms with E-state index in [1.54, 1.807) is 34.9 Å². The Morgan fingerprint density at radius 2 is 1.65 bits per heavy atom. The zero-order chi connectivity index (χ0) is 38.2.